The highest BCUT2D eigenvalue weighted by atomic mass is 16.4. The maximum absolute atomic E-state index is 11.3. The second-order valence-corrected chi connectivity index (χ2v) is 3.60. The lowest BCUT2D eigenvalue weighted by molar-refractivity contribution is -0.116. The van der Waals surface area contributed by atoms with Crippen LogP contribution in [0.2, 0.25) is 0 Å². The minimum atomic E-state index is -0.958. The van der Waals surface area contributed by atoms with Crippen molar-refractivity contribution in [2.24, 2.45) is 0 Å². The van der Waals surface area contributed by atoms with Gasteiger partial charge in [-0.3, -0.25) is 4.79 Å². The van der Waals surface area contributed by atoms with Crippen molar-refractivity contribution in [3.63, 3.8) is 0 Å². The fourth-order valence-electron chi connectivity index (χ4n) is 1.27. The van der Waals surface area contributed by atoms with Gasteiger partial charge in [-0.15, -0.1) is 0 Å². The monoisotopic (exact) mass is 245 g/mol. The first-order valence-electron chi connectivity index (χ1n) is 5.53. The average molecular weight is 245 g/mol. The van der Waals surface area contributed by atoms with Gasteiger partial charge >= 0.3 is 5.97 Å². The number of hydrogen-bond donors (Lipinski definition) is 2. The van der Waals surface area contributed by atoms with Gasteiger partial charge in [-0.05, 0) is 24.6 Å². The molecule has 0 unspecified atom stereocenters. The minimum Gasteiger partial charge on any atom is -0.478 e. The highest BCUT2D eigenvalue weighted by Gasteiger charge is 2.02. The summed E-state index contributed by atoms with van der Waals surface area (Å²) in [5.41, 5.74) is 1.09. The number of aromatic carboxylic acids is 1. The minimum absolute atomic E-state index is 0.185. The molecule has 0 aromatic heterocycles. The molecule has 94 valence electrons. The van der Waals surface area contributed by atoms with E-state index >= 15 is 0 Å². The molecule has 0 saturated carbocycles. The first kappa shape index (κ1) is 13.7. The predicted molar refractivity (Wildman–Crippen MR) is 69.2 cm³/mol. The van der Waals surface area contributed by atoms with Crippen molar-refractivity contribution < 1.29 is 14.7 Å². The number of hydrogen-bond acceptors (Lipinski definition) is 2. The summed E-state index contributed by atoms with van der Waals surface area (Å²) in [5, 5.41) is 11.4. The molecule has 1 aromatic carbocycles. The number of carboxylic acid groups (broad SMARTS) is 1. The van der Waals surface area contributed by atoms with Gasteiger partial charge < -0.3 is 10.4 Å². The van der Waals surface area contributed by atoms with Crippen LogP contribution in [0.5, 0.6) is 0 Å². The summed E-state index contributed by atoms with van der Waals surface area (Å²) >= 11 is 0. The van der Waals surface area contributed by atoms with Crippen molar-refractivity contribution in [1.82, 2.24) is 5.32 Å². The van der Waals surface area contributed by atoms with E-state index in [0.717, 1.165) is 5.56 Å². The smallest absolute Gasteiger partial charge is 0.335 e. The first-order chi connectivity index (χ1) is 8.63. The number of amides is 1. The Bertz CT molecular complexity index is 472. The van der Waals surface area contributed by atoms with Crippen LogP contribution in [0.3, 0.4) is 0 Å². The van der Waals surface area contributed by atoms with Crippen molar-refractivity contribution in [3.05, 3.63) is 59.7 Å². The zero-order valence-electron chi connectivity index (χ0n) is 10.1. The lowest BCUT2D eigenvalue weighted by Gasteiger charge is -2.02. The lowest BCUT2D eigenvalue weighted by Crippen LogP contribution is -2.20. The number of benzene rings is 1. The van der Waals surface area contributed by atoms with Crippen LogP contribution < -0.4 is 5.32 Å². The molecule has 0 spiro atoms. The Morgan fingerprint density at radius 3 is 2.44 bits per heavy atom. The van der Waals surface area contributed by atoms with Crippen molar-refractivity contribution in [2.45, 2.75) is 13.5 Å². The topological polar surface area (TPSA) is 66.4 Å². The van der Waals surface area contributed by atoms with Crippen molar-refractivity contribution in [1.29, 1.82) is 0 Å². The van der Waals surface area contributed by atoms with E-state index in [-0.39, 0.29) is 11.5 Å². The molecule has 1 amide bonds. The number of carbonyl (C=O) groups is 2. The number of rotatable bonds is 5. The standard InChI is InChI=1S/C14H15NO3/c1-2-3-4-5-13(16)15-10-11-6-8-12(9-7-11)14(17)18/h2-9H,10H2,1H3,(H,15,16)(H,17,18)/b3-2+,5-4+. The molecule has 0 aliphatic heterocycles. The van der Waals surface area contributed by atoms with Crippen molar-refractivity contribution in [3.8, 4) is 0 Å². The Balaban J connectivity index is 2.48. The van der Waals surface area contributed by atoms with E-state index in [0.29, 0.717) is 6.54 Å². The normalized spacial score (nSPS) is 10.9. The highest BCUT2D eigenvalue weighted by Crippen LogP contribution is 2.04. The van der Waals surface area contributed by atoms with E-state index in [9.17, 15) is 9.59 Å². The summed E-state index contributed by atoms with van der Waals surface area (Å²) in [5.74, 6) is -1.14. The summed E-state index contributed by atoms with van der Waals surface area (Å²) < 4.78 is 0. The van der Waals surface area contributed by atoms with Gasteiger partial charge in [0.15, 0.2) is 0 Å². The predicted octanol–water partition coefficient (Wildman–Crippen LogP) is 2.13. The van der Waals surface area contributed by atoms with Gasteiger partial charge in [-0.2, -0.15) is 0 Å². The number of allylic oxidation sites excluding steroid dienone is 3. The first-order valence-corrected chi connectivity index (χ1v) is 5.53. The van der Waals surface area contributed by atoms with Crippen LogP contribution in [-0.4, -0.2) is 17.0 Å². The summed E-state index contributed by atoms with van der Waals surface area (Å²) in [7, 11) is 0. The Morgan fingerprint density at radius 1 is 1.22 bits per heavy atom. The largest absolute Gasteiger partial charge is 0.478 e. The molecule has 1 rings (SSSR count). The summed E-state index contributed by atoms with van der Waals surface area (Å²) in [6.45, 7) is 2.24. The number of carboxylic acids is 1. The van der Waals surface area contributed by atoms with Crippen molar-refractivity contribution >= 4 is 11.9 Å². The molecule has 2 N–H and O–H groups in total. The zero-order chi connectivity index (χ0) is 13.4. The summed E-state index contributed by atoms with van der Waals surface area (Å²) in [4.78, 5) is 22.0. The van der Waals surface area contributed by atoms with Gasteiger partial charge in [-0.25, -0.2) is 4.79 Å². The fraction of sp³-hybridized carbons (Fsp3) is 0.143. The van der Waals surface area contributed by atoms with E-state index in [1.165, 1.54) is 18.2 Å². The van der Waals surface area contributed by atoms with Crippen LogP contribution in [0.25, 0.3) is 0 Å². The third kappa shape index (κ3) is 4.65. The molecule has 18 heavy (non-hydrogen) atoms. The molecule has 0 bridgehead atoms. The molecule has 0 atom stereocenters. The fourth-order valence-corrected chi connectivity index (χ4v) is 1.27. The lowest BCUT2D eigenvalue weighted by atomic mass is 10.1. The SMILES string of the molecule is C/C=C/C=C/C(=O)NCc1ccc(C(=O)O)cc1. The molecular weight excluding hydrogens is 230 g/mol. The Morgan fingerprint density at radius 2 is 1.89 bits per heavy atom. The van der Waals surface area contributed by atoms with Crippen molar-refractivity contribution in [2.75, 3.05) is 0 Å². The quantitative estimate of drug-likeness (QED) is 0.617. The van der Waals surface area contributed by atoms with Crippen LogP contribution in [0.4, 0.5) is 0 Å². The van der Waals surface area contributed by atoms with Gasteiger partial charge in [-0.1, -0.05) is 30.4 Å². The van der Waals surface area contributed by atoms with Crippen LogP contribution in [0.15, 0.2) is 48.6 Å². The molecule has 0 aliphatic carbocycles. The van der Waals surface area contributed by atoms with Crippen LogP contribution in [0, 0.1) is 0 Å². The third-order valence-corrected chi connectivity index (χ3v) is 2.22. The molecular formula is C14H15NO3. The van der Waals surface area contributed by atoms with Gasteiger partial charge in [0.1, 0.15) is 0 Å². The Hall–Kier alpha value is -2.36. The zero-order valence-corrected chi connectivity index (χ0v) is 10.1. The van der Waals surface area contributed by atoms with E-state index < -0.39 is 5.97 Å². The summed E-state index contributed by atoms with van der Waals surface area (Å²) in [6, 6.07) is 6.39. The van der Waals surface area contributed by atoms with Crippen LogP contribution in [-0.2, 0) is 11.3 Å². The maximum Gasteiger partial charge on any atom is 0.335 e. The molecule has 0 radical (unpaired) electrons. The van der Waals surface area contributed by atoms with E-state index in [2.05, 4.69) is 5.32 Å². The van der Waals surface area contributed by atoms with Crippen LogP contribution >= 0.6 is 0 Å². The molecule has 4 heteroatoms. The highest BCUT2D eigenvalue weighted by molar-refractivity contribution is 5.88. The molecule has 0 heterocycles. The second-order valence-electron chi connectivity index (χ2n) is 3.60. The number of nitrogens with one attached hydrogen (secondary N) is 1. The maximum atomic E-state index is 11.3. The van der Waals surface area contributed by atoms with Gasteiger partial charge in [0.2, 0.25) is 5.91 Å². The molecule has 4 nitrogen and oxygen atoms in total. The van der Waals surface area contributed by atoms with Crippen LogP contribution in [0.1, 0.15) is 22.8 Å². The average Bonchev–Trinajstić information content (AvgIpc) is 2.37. The third-order valence-electron chi connectivity index (χ3n) is 2.22. The van der Waals surface area contributed by atoms with Gasteiger partial charge in [0.25, 0.3) is 0 Å². The van der Waals surface area contributed by atoms with E-state index in [1.807, 2.05) is 13.0 Å². The molecule has 0 saturated heterocycles. The van der Waals surface area contributed by atoms with E-state index in [4.69, 9.17) is 5.11 Å². The molecule has 0 aliphatic rings. The molecule has 0 fully saturated rings. The second kappa shape index (κ2) is 7.06. The van der Waals surface area contributed by atoms with Gasteiger partial charge in [0.05, 0.1) is 5.56 Å². The van der Waals surface area contributed by atoms with Gasteiger partial charge in [0, 0.05) is 12.6 Å². The summed E-state index contributed by atoms with van der Waals surface area (Å²) in [6.07, 6.45) is 6.68. The van der Waals surface area contributed by atoms with E-state index in [1.54, 1.807) is 24.3 Å². The Kier molecular flexibility index (Phi) is 5.38. The molecule has 1 aromatic rings. The Labute approximate surface area is 106 Å². The number of carbonyl (C=O) groups excluding carboxylic acids is 1.